The summed E-state index contributed by atoms with van der Waals surface area (Å²) < 4.78 is 7.19. The van der Waals surface area contributed by atoms with Gasteiger partial charge in [-0.05, 0) is 35.6 Å². The summed E-state index contributed by atoms with van der Waals surface area (Å²) in [5.41, 5.74) is -0.0534. The van der Waals surface area contributed by atoms with Crippen molar-refractivity contribution in [1.29, 1.82) is 0 Å². The highest BCUT2D eigenvalue weighted by Crippen LogP contribution is 2.29. The number of aromatic nitrogens is 4. The van der Waals surface area contributed by atoms with Gasteiger partial charge in [-0.1, -0.05) is 20.8 Å². The van der Waals surface area contributed by atoms with Gasteiger partial charge in [-0.3, -0.25) is 4.79 Å². The van der Waals surface area contributed by atoms with Crippen molar-refractivity contribution in [2.45, 2.75) is 59.1 Å². The molecule has 0 amide bonds. The number of carboxylic acid groups (broad SMARTS) is 1. The van der Waals surface area contributed by atoms with E-state index in [9.17, 15) is 9.90 Å². The van der Waals surface area contributed by atoms with E-state index < -0.39 is 11.9 Å². The minimum absolute atomic E-state index is 0.0534. The van der Waals surface area contributed by atoms with Crippen molar-refractivity contribution in [3.63, 3.8) is 0 Å². The maximum absolute atomic E-state index is 11.5. The zero-order chi connectivity index (χ0) is 15.6. The second kappa shape index (κ2) is 6.09. The number of rotatable bonds is 5. The molecule has 0 saturated carbocycles. The predicted molar refractivity (Wildman–Crippen MR) is 75.8 cm³/mol. The SMILES string of the molecule is CC1CC(c2nnnn2CC(CC(C)(C)C)C(=O)O)CO1. The molecule has 7 heteroatoms. The summed E-state index contributed by atoms with van der Waals surface area (Å²) >= 11 is 0. The molecule has 21 heavy (non-hydrogen) atoms. The lowest BCUT2D eigenvalue weighted by Gasteiger charge is -2.23. The first-order valence-electron chi connectivity index (χ1n) is 7.37. The van der Waals surface area contributed by atoms with Gasteiger partial charge in [0.1, 0.15) is 0 Å². The summed E-state index contributed by atoms with van der Waals surface area (Å²) in [6, 6.07) is 0. The summed E-state index contributed by atoms with van der Waals surface area (Å²) in [5.74, 6) is -0.409. The molecule has 1 saturated heterocycles. The molecule has 7 nitrogen and oxygen atoms in total. The van der Waals surface area contributed by atoms with Crippen molar-refractivity contribution in [2.75, 3.05) is 6.61 Å². The van der Waals surface area contributed by atoms with Crippen LogP contribution in [0.1, 0.15) is 52.3 Å². The Morgan fingerprint density at radius 2 is 2.24 bits per heavy atom. The average molecular weight is 296 g/mol. The van der Waals surface area contributed by atoms with Crippen molar-refractivity contribution in [2.24, 2.45) is 11.3 Å². The van der Waals surface area contributed by atoms with Crippen LogP contribution in [0.15, 0.2) is 0 Å². The van der Waals surface area contributed by atoms with Crippen molar-refractivity contribution < 1.29 is 14.6 Å². The number of carboxylic acids is 1. The van der Waals surface area contributed by atoms with Crippen LogP contribution in [0.2, 0.25) is 0 Å². The fraction of sp³-hybridized carbons (Fsp3) is 0.857. The minimum Gasteiger partial charge on any atom is -0.481 e. The van der Waals surface area contributed by atoms with Gasteiger partial charge in [0.2, 0.25) is 0 Å². The van der Waals surface area contributed by atoms with Gasteiger partial charge in [0.25, 0.3) is 0 Å². The number of carbonyl (C=O) groups is 1. The van der Waals surface area contributed by atoms with Crippen LogP contribution in [-0.2, 0) is 16.1 Å². The smallest absolute Gasteiger partial charge is 0.308 e. The Balaban J connectivity index is 2.11. The van der Waals surface area contributed by atoms with Gasteiger partial charge in [-0.25, -0.2) is 4.68 Å². The van der Waals surface area contributed by atoms with Crippen LogP contribution >= 0.6 is 0 Å². The van der Waals surface area contributed by atoms with Crippen LogP contribution in [0, 0.1) is 11.3 Å². The molecule has 0 aliphatic carbocycles. The first-order chi connectivity index (χ1) is 9.76. The molecule has 1 aromatic rings. The third kappa shape index (κ3) is 4.23. The zero-order valence-electron chi connectivity index (χ0n) is 13.1. The zero-order valence-corrected chi connectivity index (χ0v) is 13.1. The van der Waals surface area contributed by atoms with E-state index in [-0.39, 0.29) is 17.4 Å². The molecule has 0 spiro atoms. The number of aliphatic carboxylic acids is 1. The fourth-order valence-electron chi connectivity index (χ4n) is 2.81. The number of hydrogen-bond donors (Lipinski definition) is 1. The lowest BCUT2D eigenvalue weighted by atomic mass is 9.84. The molecule has 1 aliphatic heterocycles. The summed E-state index contributed by atoms with van der Waals surface area (Å²) in [6.45, 7) is 9.04. The molecule has 0 bridgehead atoms. The quantitative estimate of drug-likeness (QED) is 0.889. The van der Waals surface area contributed by atoms with E-state index in [1.807, 2.05) is 27.7 Å². The Hall–Kier alpha value is -1.50. The fourth-order valence-corrected chi connectivity index (χ4v) is 2.81. The van der Waals surface area contributed by atoms with E-state index in [1.54, 1.807) is 4.68 Å². The summed E-state index contributed by atoms with van der Waals surface area (Å²) in [5, 5.41) is 21.2. The highest BCUT2D eigenvalue weighted by Gasteiger charge is 2.31. The van der Waals surface area contributed by atoms with E-state index in [0.29, 0.717) is 19.6 Å². The van der Waals surface area contributed by atoms with Gasteiger partial charge in [-0.15, -0.1) is 5.10 Å². The first kappa shape index (κ1) is 15.9. The van der Waals surface area contributed by atoms with Crippen molar-refractivity contribution in [3.8, 4) is 0 Å². The molecule has 1 fully saturated rings. The van der Waals surface area contributed by atoms with Gasteiger partial charge in [0, 0.05) is 5.92 Å². The Labute approximate surface area is 124 Å². The Morgan fingerprint density at radius 1 is 1.52 bits per heavy atom. The summed E-state index contributed by atoms with van der Waals surface area (Å²) in [4.78, 5) is 11.5. The minimum atomic E-state index is -0.803. The number of ether oxygens (including phenoxy) is 1. The maximum Gasteiger partial charge on any atom is 0.308 e. The van der Waals surface area contributed by atoms with E-state index in [4.69, 9.17) is 4.74 Å². The Bertz CT molecular complexity index is 495. The molecule has 1 N–H and O–H groups in total. The Kier molecular flexibility index (Phi) is 4.61. The highest BCUT2D eigenvalue weighted by molar-refractivity contribution is 5.69. The predicted octanol–water partition coefficient (Wildman–Crippen LogP) is 1.70. The molecule has 1 aromatic heterocycles. The molecule has 118 valence electrons. The molecule has 3 atom stereocenters. The van der Waals surface area contributed by atoms with Crippen molar-refractivity contribution in [3.05, 3.63) is 5.82 Å². The van der Waals surface area contributed by atoms with Gasteiger partial charge in [-0.2, -0.15) is 0 Å². The van der Waals surface area contributed by atoms with Gasteiger partial charge >= 0.3 is 5.97 Å². The third-order valence-corrected chi connectivity index (χ3v) is 3.72. The molecular formula is C14H24N4O3. The van der Waals surface area contributed by atoms with E-state index in [2.05, 4.69) is 15.5 Å². The summed E-state index contributed by atoms with van der Waals surface area (Å²) in [6.07, 6.45) is 1.65. The van der Waals surface area contributed by atoms with Crippen LogP contribution in [0.3, 0.4) is 0 Å². The second-order valence-corrected chi connectivity index (χ2v) is 7.10. The van der Waals surface area contributed by atoms with Crippen molar-refractivity contribution >= 4 is 5.97 Å². The average Bonchev–Trinajstić information content (AvgIpc) is 2.95. The number of tetrazole rings is 1. The van der Waals surface area contributed by atoms with Gasteiger partial charge in [0.15, 0.2) is 5.82 Å². The van der Waals surface area contributed by atoms with Crippen molar-refractivity contribution in [1.82, 2.24) is 20.2 Å². The highest BCUT2D eigenvalue weighted by atomic mass is 16.5. The molecular weight excluding hydrogens is 272 g/mol. The Morgan fingerprint density at radius 3 is 2.76 bits per heavy atom. The van der Waals surface area contributed by atoms with Gasteiger partial charge < -0.3 is 9.84 Å². The van der Waals surface area contributed by atoms with E-state index in [1.165, 1.54) is 0 Å². The molecule has 0 radical (unpaired) electrons. The molecule has 1 aliphatic rings. The molecule has 3 unspecified atom stereocenters. The van der Waals surface area contributed by atoms with E-state index in [0.717, 1.165) is 12.2 Å². The number of nitrogens with zero attached hydrogens (tertiary/aromatic N) is 4. The second-order valence-electron chi connectivity index (χ2n) is 7.10. The van der Waals surface area contributed by atoms with Crippen LogP contribution < -0.4 is 0 Å². The first-order valence-corrected chi connectivity index (χ1v) is 7.37. The van der Waals surface area contributed by atoms with Crippen LogP contribution in [0.5, 0.6) is 0 Å². The van der Waals surface area contributed by atoms with E-state index >= 15 is 0 Å². The normalized spacial score (nSPS) is 24.2. The monoisotopic (exact) mass is 296 g/mol. The lowest BCUT2D eigenvalue weighted by molar-refractivity contribution is -0.143. The molecule has 0 aromatic carbocycles. The largest absolute Gasteiger partial charge is 0.481 e. The molecule has 2 heterocycles. The third-order valence-electron chi connectivity index (χ3n) is 3.72. The number of hydrogen-bond acceptors (Lipinski definition) is 5. The topological polar surface area (TPSA) is 90.1 Å². The van der Waals surface area contributed by atoms with Crippen LogP contribution in [0.25, 0.3) is 0 Å². The standard InChI is InChI=1S/C14H24N4O3/c1-9-5-10(8-21-9)12-15-16-17-18(12)7-11(13(19)20)6-14(2,3)4/h9-11H,5-8H2,1-4H3,(H,19,20). The van der Waals surface area contributed by atoms with Gasteiger partial charge in [0.05, 0.1) is 25.2 Å². The van der Waals surface area contributed by atoms with Crippen LogP contribution in [0.4, 0.5) is 0 Å². The maximum atomic E-state index is 11.5. The lowest BCUT2D eigenvalue weighted by Crippen LogP contribution is -2.27. The molecule has 2 rings (SSSR count). The van der Waals surface area contributed by atoms with Crippen LogP contribution in [-0.4, -0.2) is 44.0 Å². The summed E-state index contributed by atoms with van der Waals surface area (Å²) in [7, 11) is 0.